The number of hydrogen-bond acceptors (Lipinski definition) is 5. The molecule has 0 saturated heterocycles. The van der Waals surface area contributed by atoms with E-state index in [-0.39, 0.29) is 19.2 Å². The Morgan fingerprint density at radius 2 is 1.07 bits per heavy atom. The van der Waals surface area contributed by atoms with Crippen LogP contribution in [0.2, 0.25) is 0 Å². The molecule has 0 unspecified atom stereocenters. The normalized spacial score (nSPS) is 10.9. The highest BCUT2D eigenvalue weighted by molar-refractivity contribution is 5.69. The first-order valence-electron chi connectivity index (χ1n) is 16.7. The molecule has 1 rings (SSSR count). The summed E-state index contributed by atoms with van der Waals surface area (Å²) < 4.78 is 17.6. The highest BCUT2D eigenvalue weighted by Crippen LogP contribution is 2.14. The van der Waals surface area contributed by atoms with E-state index >= 15 is 0 Å². The van der Waals surface area contributed by atoms with Crippen LogP contribution < -0.4 is 4.57 Å². The first-order chi connectivity index (χ1) is 20.1. The molecule has 0 radical (unpaired) electrons. The van der Waals surface area contributed by atoms with E-state index in [4.69, 9.17) is 14.2 Å². The molecule has 0 amide bonds. The third-order valence-electron chi connectivity index (χ3n) is 7.37. The molecular weight excluding hydrogens is 514 g/mol. The van der Waals surface area contributed by atoms with E-state index < -0.39 is 6.16 Å². The monoisotopic (exact) mass is 574 g/mol. The van der Waals surface area contributed by atoms with Gasteiger partial charge in [-0.1, -0.05) is 122 Å². The number of carbonyl (C=O) groups is 2. The summed E-state index contributed by atoms with van der Waals surface area (Å²) in [6, 6.07) is 6.07. The lowest BCUT2D eigenvalue weighted by atomic mass is 10.0. The van der Waals surface area contributed by atoms with Gasteiger partial charge in [-0.15, -0.1) is 0 Å². The highest BCUT2D eigenvalue weighted by atomic mass is 16.7. The van der Waals surface area contributed by atoms with Crippen molar-refractivity contribution in [3.8, 4) is 0 Å². The largest absolute Gasteiger partial charge is 0.508 e. The molecule has 0 aliphatic heterocycles. The molecule has 6 heteroatoms. The van der Waals surface area contributed by atoms with Crippen molar-refractivity contribution in [2.24, 2.45) is 0 Å². The first-order valence-corrected chi connectivity index (χ1v) is 16.7. The molecule has 0 aliphatic rings. The number of carbonyl (C=O) groups excluding carboxylic acids is 2. The van der Waals surface area contributed by atoms with Crippen LogP contribution in [0.5, 0.6) is 0 Å². The van der Waals surface area contributed by atoms with Gasteiger partial charge in [-0.25, -0.2) is 9.36 Å². The Balaban J connectivity index is 1.81. The second-order valence-corrected chi connectivity index (χ2v) is 11.4. The quantitative estimate of drug-likeness (QED) is 0.0432. The molecule has 1 aromatic rings. The predicted molar refractivity (Wildman–Crippen MR) is 167 cm³/mol. The van der Waals surface area contributed by atoms with Crippen molar-refractivity contribution in [1.29, 1.82) is 0 Å². The SMILES string of the molecule is C=C(COC(=O)CCCCCC[n+]1ccccc1)COC(=O)OCCCCCCCCCCCCCCCCCC. The number of aromatic nitrogens is 1. The summed E-state index contributed by atoms with van der Waals surface area (Å²) in [6.07, 6.45) is 28.8. The molecule has 1 heterocycles. The predicted octanol–water partition coefficient (Wildman–Crippen LogP) is 9.44. The zero-order valence-corrected chi connectivity index (χ0v) is 26.3. The van der Waals surface area contributed by atoms with Crippen LogP contribution in [0.25, 0.3) is 0 Å². The molecule has 0 atom stereocenters. The zero-order valence-electron chi connectivity index (χ0n) is 26.3. The van der Waals surface area contributed by atoms with Crippen LogP contribution >= 0.6 is 0 Å². The van der Waals surface area contributed by atoms with Gasteiger partial charge in [-0.05, 0) is 24.8 Å². The molecule has 0 spiro atoms. The van der Waals surface area contributed by atoms with Crippen molar-refractivity contribution in [2.45, 2.75) is 148 Å². The Bertz CT molecular complexity index is 767. The molecule has 0 N–H and O–H groups in total. The van der Waals surface area contributed by atoms with Gasteiger partial charge >= 0.3 is 12.1 Å². The summed E-state index contributed by atoms with van der Waals surface area (Å²) in [6.45, 7) is 7.53. The van der Waals surface area contributed by atoms with Gasteiger partial charge in [-0.2, -0.15) is 0 Å². The van der Waals surface area contributed by atoms with Crippen LogP contribution in [0.15, 0.2) is 42.7 Å². The highest BCUT2D eigenvalue weighted by Gasteiger charge is 2.08. The number of unbranched alkanes of at least 4 members (excludes halogenated alkanes) is 18. The van der Waals surface area contributed by atoms with Crippen LogP contribution in [0.3, 0.4) is 0 Å². The van der Waals surface area contributed by atoms with Gasteiger partial charge in [0.25, 0.3) is 0 Å². The summed E-state index contributed by atoms with van der Waals surface area (Å²) in [7, 11) is 0. The average molecular weight is 575 g/mol. The summed E-state index contributed by atoms with van der Waals surface area (Å²) >= 11 is 0. The number of aryl methyl sites for hydroxylation is 1. The Kier molecular flexibility index (Phi) is 24.8. The van der Waals surface area contributed by atoms with E-state index in [0.717, 1.165) is 45.1 Å². The third kappa shape index (κ3) is 25.1. The van der Waals surface area contributed by atoms with E-state index in [0.29, 0.717) is 18.6 Å². The molecule has 41 heavy (non-hydrogen) atoms. The number of ether oxygens (including phenoxy) is 3. The zero-order chi connectivity index (χ0) is 29.6. The minimum atomic E-state index is -0.688. The summed E-state index contributed by atoms with van der Waals surface area (Å²) in [4.78, 5) is 23.7. The van der Waals surface area contributed by atoms with Gasteiger partial charge in [0.2, 0.25) is 0 Å². The van der Waals surface area contributed by atoms with Crippen LogP contribution in [0.4, 0.5) is 4.79 Å². The van der Waals surface area contributed by atoms with Crippen molar-refractivity contribution in [3.63, 3.8) is 0 Å². The topological polar surface area (TPSA) is 65.7 Å². The minimum Gasteiger partial charge on any atom is -0.461 e. The molecular formula is C35H60NO5+. The average Bonchev–Trinajstić information content (AvgIpc) is 2.98. The first kappa shape index (κ1) is 36.7. The van der Waals surface area contributed by atoms with E-state index in [9.17, 15) is 9.59 Å². The maximum Gasteiger partial charge on any atom is 0.508 e. The lowest BCUT2D eigenvalue weighted by molar-refractivity contribution is -0.697. The van der Waals surface area contributed by atoms with Crippen LogP contribution in [-0.2, 0) is 25.5 Å². The molecule has 0 fully saturated rings. The molecule has 6 nitrogen and oxygen atoms in total. The number of pyridine rings is 1. The number of nitrogens with zero attached hydrogens (tertiary/aromatic N) is 1. The van der Waals surface area contributed by atoms with Crippen LogP contribution in [0.1, 0.15) is 142 Å². The fourth-order valence-corrected chi connectivity index (χ4v) is 4.81. The Labute approximate surface area is 251 Å². The van der Waals surface area contributed by atoms with Gasteiger partial charge < -0.3 is 14.2 Å². The number of rotatable bonds is 28. The molecule has 234 valence electrons. The third-order valence-corrected chi connectivity index (χ3v) is 7.37. The van der Waals surface area contributed by atoms with Crippen LogP contribution in [0, 0.1) is 0 Å². The van der Waals surface area contributed by atoms with Gasteiger partial charge in [0.15, 0.2) is 12.4 Å². The molecule has 0 aromatic carbocycles. The van der Waals surface area contributed by atoms with Crippen LogP contribution in [-0.4, -0.2) is 31.9 Å². The fraction of sp³-hybridized carbons (Fsp3) is 0.743. The van der Waals surface area contributed by atoms with E-state index in [2.05, 4.69) is 30.5 Å². The van der Waals surface area contributed by atoms with E-state index in [1.807, 2.05) is 18.2 Å². The van der Waals surface area contributed by atoms with Crippen molar-refractivity contribution >= 4 is 12.1 Å². The Morgan fingerprint density at radius 1 is 0.585 bits per heavy atom. The molecule has 0 bridgehead atoms. The van der Waals surface area contributed by atoms with Crippen molar-refractivity contribution in [3.05, 3.63) is 42.7 Å². The lowest BCUT2D eigenvalue weighted by Crippen LogP contribution is -2.32. The van der Waals surface area contributed by atoms with E-state index in [1.165, 1.54) is 89.9 Å². The van der Waals surface area contributed by atoms with Crippen molar-refractivity contribution in [2.75, 3.05) is 19.8 Å². The summed E-state index contributed by atoms with van der Waals surface area (Å²) in [5.41, 5.74) is 0.539. The fourth-order valence-electron chi connectivity index (χ4n) is 4.81. The minimum absolute atomic E-state index is 0.00221. The lowest BCUT2D eigenvalue weighted by Gasteiger charge is -2.09. The second kappa shape index (κ2) is 27.8. The van der Waals surface area contributed by atoms with Gasteiger partial charge in [0.05, 0.1) is 6.61 Å². The summed E-state index contributed by atoms with van der Waals surface area (Å²) in [5.74, 6) is -0.241. The smallest absolute Gasteiger partial charge is 0.461 e. The van der Waals surface area contributed by atoms with Gasteiger partial charge in [-0.3, -0.25) is 4.79 Å². The Morgan fingerprint density at radius 3 is 1.66 bits per heavy atom. The maximum atomic E-state index is 11.9. The molecule has 0 saturated carbocycles. The summed E-state index contributed by atoms with van der Waals surface area (Å²) in [5, 5.41) is 0. The number of hydrogen-bond donors (Lipinski definition) is 0. The molecule has 1 aromatic heterocycles. The second-order valence-electron chi connectivity index (χ2n) is 11.4. The maximum absolute atomic E-state index is 11.9. The van der Waals surface area contributed by atoms with Gasteiger partial charge in [0, 0.05) is 25.0 Å². The van der Waals surface area contributed by atoms with E-state index in [1.54, 1.807) is 0 Å². The van der Waals surface area contributed by atoms with Crippen molar-refractivity contribution < 1.29 is 28.4 Å². The number of esters is 1. The Hall–Kier alpha value is -2.37. The van der Waals surface area contributed by atoms with Gasteiger partial charge in [0.1, 0.15) is 19.8 Å². The molecule has 0 aliphatic carbocycles. The standard InChI is InChI=1S/C35H60NO5/c1-3-4-5-6-7-8-9-10-11-12-13-14-15-16-19-25-30-39-35(38)41-32-33(2)31-40-34(37)26-21-17-18-22-27-36-28-23-20-24-29-36/h20,23-24,28-29H,2-19,21-22,25-27,30-32H2,1H3/q+1. The van der Waals surface area contributed by atoms with Crippen molar-refractivity contribution in [1.82, 2.24) is 0 Å².